The first kappa shape index (κ1) is 11.0. The summed E-state index contributed by atoms with van der Waals surface area (Å²) in [7, 11) is 0. The maximum Gasteiger partial charge on any atom is 0.147 e. The molecule has 0 aliphatic heterocycles. The lowest BCUT2D eigenvalue weighted by atomic mass is 10.3. The van der Waals surface area contributed by atoms with Crippen LogP contribution in [-0.2, 0) is 6.42 Å². The molecule has 4 nitrogen and oxygen atoms in total. The minimum absolute atomic E-state index is 0.836. The normalized spacial score (nSPS) is 10.4. The van der Waals surface area contributed by atoms with Crippen molar-refractivity contribution in [3.05, 3.63) is 34.2 Å². The molecule has 0 amide bonds. The lowest BCUT2D eigenvalue weighted by molar-refractivity contribution is 0.950. The van der Waals surface area contributed by atoms with Gasteiger partial charge in [0.25, 0.3) is 0 Å². The van der Waals surface area contributed by atoms with Crippen LogP contribution in [-0.4, -0.2) is 21.5 Å². The molecule has 0 radical (unpaired) electrons. The molecule has 0 spiro atoms. The number of hydrogen-bond acceptors (Lipinski definition) is 5. The Kier molecular flexibility index (Phi) is 3.46. The molecule has 0 fully saturated rings. The fourth-order valence-electron chi connectivity index (χ4n) is 1.37. The molecule has 0 bridgehead atoms. The Morgan fingerprint density at radius 3 is 2.94 bits per heavy atom. The van der Waals surface area contributed by atoms with Crippen molar-refractivity contribution in [2.45, 2.75) is 20.3 Å². The average Bonchev–Trinajstić information content (AvgIpc) is 2.76. The molecule has 2 aromatic heterocycles. The Bertz CT molecular complexity index is 453. The maximum absolute atomic E-state index is 4.40. The smallest absolute Gasteiger partial charge is 0.147 e. The predicted octanol–water partition coefficient (Wildman–Crippen LogP) is 2.20. The first-order valence-corrected chi connectivity index (χ1v) is 6.11. The zero-order valence-corrected chi connectivity index (χ0v) is 10.2. The Morgan fingerprint density at radius 2 is 2.19 bits per heavy atom. The van der Waals surface area contributed by atoms with Crippen LogP contribution in [0.2, 0.25) is 0 Å². The standard InChI is InChI=1S/C11H14N4S/c1-8-5-13-9(2)11(15-8)12-4-3-10-6-16-7-14-10/h5-7H,3-4H2,1-2H3,(H,12,15). The Labute approximate surface area is 98.8 Å². The van der Waals surface area contributed by atoms with E-state index in [-0.39, 0.29) is 0 Å². The number of aromatic nitrogens is 3. The average molecular weight is 234 g/mol. The molecule has 2 heterocycles. The van der Waals surface area contributed by atoms with Gasteiger partial charge in [0, 0.05) is 24.5 Å². The monoisotopic (exact) mass is 234 g/mol. The molecule has 84 valence electrons. The van der Waals surface area contributed by atoms with Crippen molar-refractivity contribution >= 4 is 17.2 Å². The van der Waals surface area contributed by atoms with Crippen LogP contribution in [0.3, 0.4) is 0 Å². The fourth-order valence-corrected chi connectivity index (χ4v) is 1.97. The van der Waals surface area contributed by atoms with Crippen molar-refractivity contribution in [2.75, 3.05) is 11.9 Å². The largest absolute Gasteiger partial charge is 0.368 e. The van der Waals surface area contributed by atoms with Gasteiger partial charge in [-0.3, -0.25) is 4.98 Å². The van der Waals surface area contributed by atoms with Crippen molar-refractivity contribution in [1.29, 1.82) is 0 Å². The van der Waals surface area contributed by atoms with Crippen molar-refractivity contribution in [1.82, 2.24) is 15.0 Å². The number of anilines is 1. The molecule has 1 N–H and O–H groups in total. The molecular weight excluding hydrogens is 220 g/mol. The Balaban J connectivity index is 1.92. The third-order valence-corrected chi connectivity index (χ3v) is 2.87. The fraction of sp³-hybridized carbons (Fsp3) is 0.364. The van der Waals surface area contributed by atoms with Gasteiger partial charge in [0.2, 0.25) is 0 Å². The number of hydrogen-bond donors (Lipinski definition) is 1. The Morgan fingerprint density at radius 1 is 1.31 bits per heavy atom. The second-order valence-electron chi connectivity index (χ2n) is 3.60. The molecule has 0 aromatic carbocycles. The predicted molar refractivity (Wildman–Crippen MR) is 65.8 cm³/mol. The molecule has 0 saturated carbocycles. The zero-order chi connectivity index (χ0) is 11.4. The summed E-state index contributed by atoms with van der Waals surface area (Å²) in [4.78, 5) is 12.9. The highest BCUT2D eigenvalue weighted by atomic mass is 32.1. The van der Waals surface area contributed by atoms with Gasteiger partial charge in [-0.2, -0.15) is 0 Å². The number of aryl methyl sites for hydroxylation is 2. The topological polar surface area (TPSA) is 50.7 Å². The van der Waals surface area contributed by atoms with E-state index in [4.69, 9.17) is 0 Å². The molecule has 2 rings (SSSR count). The van der Waals surface area contributed by atoms with Gasteiger partial charge in [-0.1, -0.05) is 0 Å². The van der Waals surface area contributed by atoms with Gasteiger partial charge in [-0.05, 0) is 13.8 Å². The Hall–Kier alpha value is -1.49. The van der Waals surface area contributed by atoms with E-state index < -0.39 is 0 Å². The first-order chi connectivity index (χ1) is 7.75. The van der Waals surface area contributed by atoms with E-state index in [0.29, 0.717) is 0 Å². The van der Waals surface area contributed by atoms with Crippen molar-refractivity contribution in [3.63, 3.8) is 0 Å². The number of nitrogens with one attached hydrogen (secondary N) is 1. The summed E-state index contributed by atoms with van der Waals surface area (Å²) in [6, 6.07) is 0. The first-order valence-electron chi connectivity index (χ1n) is 5.17. The minimum Gasteiger partial charge on any atom is -0.368 e. The summed E-state index contributed by atoms with van der Waals surface area (Å²) in [5.74, 6) is 0.871. The van der Waals surface area contributed by atoms with E-state index in [1.165, 1.54) is 0 Å². The summed E-state index contributed by atoms with van der Waals surface area (Å²) in [5, 5.41) is 5.35. The van der Waals surface area contributed by atoms with Gasteiger partial charge in [0.15, 0.2) is 0 Å². The van der Waals surface area contributed by atoms with E-state index in [2.05, 4.69) is 25.6 Å². The van der Waals surface area contributed by atoms with E-state index in [1.807, 2.05) is 19.4 Å². The highest BCUT2D eigenvalue weighted by molar-refractivity contribution is 7.07. The minimum atomic E-state index is 0.836. The van der Waals surface area contributed by atoms with Crippen LogP contribution in [0.5, 0.6) is 0 Å². The lowest BCUT2D eigenvalue weighted by Crippen LogP contribution is -2.09. The van der Waals surface area contributed by atoms with Crippen LogP contribution in [0.4, 0.5) is 5.82 Å². The van der Waals surface area contributed by atoms with Crippen LogP contribution in [0.1, 0.15) is 17.1 Å². The molecule has 0 unspecified atom stereocenters. The second-order valence-corrected chi connectivity index (χ2v) is 4.32. The van der Waals surface area contributed by atoms with Crippen molar-refractivity contribution in [2.24, 2.45) is 0 Å². The molecule has 5 heteroatoms. The molecule has 0 aliphatic carbocycles. The molecule has 2 aromatic rings. The quantitative estimate of drug-likeness (QED) is 0.881. The summed E-state index contributed by atoms with van der Waals surface area (Å²) in [6.45, 7) is 4.73. The zero-order valence-electron chi connectivity index (χ0n) is 9.40. The number of nitrogens with zero attached hydrogens (tertiary/aromatic N) is 3. The van der Waals surface area contributed by atoms with E-state index in [9.17, 15) is 0 Å². The number of rotatable bonds is 4. The van der Waals surface area contributed by atoms with E-state index >= 15 is 0 Å². The van der Waals surface area contributed by atoms with Gasteiger partial charge < -0.3 is 5.32 Å². The maximum atomic E-state index is 4.40. The van der Waals surface area contributed by atoms with Gasteiger partial charge >= 0.3 is 0 Å². The summed E-state index contributed by atoms with van der Waals surface area (Å²) < 4.78 is 0. The van der Waals surface area contributed by atoms with Gasteiger partial charge in [0.05, 0.1) is 22.6 Å². The van der Waals surface area contributed by atoms with Crippen LogP contribution in [0.15, 0.2) is 17.1 Å². The summed E-state index contributed by atoms with van der Waals surface area (Å²) in [6.07, 6.45) is 2.69. The van der Waals surface area contributed by atoms with Crippen molar-refractivity contribution in [3.8, 4) is 0 Å². The van der Waals surface area contributed by atoms with Crippen LogP contribution in [0, 0.1) is 13.8 Å². The highest BCUT2D eigenvalue weighted by Gasteiger charge is 2.01. The molecule has 0 atom stereocenters. The van der Waals surface area contributed by atoms with Crippen LogP contribution < -0.4 is 5.32 Å². The van der Waals surface area contributed by atoms with Gasteiger partial charge in [0.1, 0.15) is 5.82 Å². The van der Waals surface area contributed by atoms with E-state index in [0.717, 1.165) is 35.9 Å². The molecular formula is C11H14N4S. The summed E-state index contributed by atoms with van der Waals surface area (Å²) in [5.41, 5.74) is 4.84. The van der Waals surface area contributed by atoms with Crippen molar-refractivity contribution < 1.29 is 0 Å². The third kappa shape index (κ3) is 2.76. The summed E-state index contributed by atoms with van der Waals surface area (Å²) >= 11 is 1.62. The third-order valence-electron chi connectivity index (χ3n) is 2.23. The molecule has 0 aliphatic rings. The van der Waals surface area contributed by atoms with Gasteiger partial charge in [-0.25, -0.2) is 9.97 Å². The SMILES string of the molecule is Cc1cnc(C)c(NCCc2cscn2)n1. The van der Waals surface area contributed by atoms with Gasteiger partial charge in [-0.15, -0.1) is 11.3 Å². The molecule has 16 heavy (non-hydrogen) atoms. The second kappa shape index (κ2) is 5.03. The van der Waals surface area contributed by atoms with E-state index in [1.54, 1.807) is 17.5 Å². The number of thiazole rings is 1. The highest BCUT2D eigenvalue weighted by Crippen LogP contribution is 2.09. The van der Waals surface area contributed by atoms with Crippen LogP contribution in [0.25, 0.3) is 0 Å². The lowest BCUT2D eigenvalue weighted by Gasteiger charge is -2.07. The molecule has 0 saturated heterocycles. The van der Waals surface area contributed by atoms with Crippen LogP contribution >= 0.6 is 11.3 Å².